The monoisotopic (exact) mass is 377 g/mol. The standard InChI is InChI=1S/C20H12FN3O2S/c21-13-10-14-12(9-15(13)22-20(25)16-5-3-7-26-16)19(24-23-14)18-8-11-4-1-2-6-17(11)27-18/h1-10H,(H,22,25)(H,23,24). The van der Waals surface area contributed by atoms with Gasteiger partial charge >= 0.3 is 0 Å². The summed E-state index contributed by atoms with van der Waals surface area (Å²) in [5.74, 6) is -0.939. The molecule has 1 amide bonds. The first kappa shape index (κ1) is 15.8. The second kappa shape index (κ2) is 6.07. The van der Waals surface area contributed by atoms with Gasteiger partial charge in [-0.05, 0) is 35.7 Å². The van der Waals surface area contributed by atoms with Crippen LogP contribution in [0.4, 0.5) is 10.1 Å². The molecule has 3 heterocycles. The minimum absolute atomic E-state index is 0.0765. The van der Waals surface area contributed by atoms with Crippen molar-refractivity contribution in [3.8, 4) is 10.6 Å². The smallest absolute Gasteiger partial charge is 0.291 e. The minimum atomic E-state index is -0.547. The number of H-pyrrole nitrogens is 1. The van der Waals surface area contributed by atoms with Crippen LogP contribution in [0, 0.1) is 5.82 Å². The Hall–Kier alpha value is -3.45. The third-order valence-corrected chi connectivity index (χ3v) is 5.43. The van der Waals surface area contributed by atoms with Gasteiger partial charge in [0.2, 0.25) is 0 Å². The molecule has 27 heavy (non-hydrogen) atoms. The molecule has 2 aromatic carbocycles. The first-order valence-corrected chi connectivity index (χ1v) is 9.02. The maximum atomic E-state index is 14.4. The summed E-state index contributed by atoms with van der Waals surface area (Å²) in [4.78, 5) is 13.2. The zero-order valence-electron chi connectivity index (χ0n) is 13.8. The van der Waals surface area contributed by atoms with Gasteiger partial charge in [-0.3, -0.25) is 9.89 Å². The Kier molecular flexibility index (Phi) is 3.54. The van der Waals surface area contributed by atoms with Gasteiger partial charge < -0.3 is 9.73 Å². The van der Waals surface area contributed by atoms with Crippen LogP contribution in [0.5, 0.6) is 0 Å². The van der Waals surface area contributed by atoms with Crippen molar-refractivity contribution in [3.05, 3.63) is 72.4 Å². The first-order chi connectivity index (χ1) is 13.2. The molecule has 2 N–H and O–H groups in total. The summed E-state index contributed by atoms with van der Waals surface area (Å²) in [6.07, 6.45) is 1.39. The molecular formula is C20H12FN3O2S. The molecule has 0 saturated carbocycles. The molecular weight excluding hydrogens is 365 g/mol. The van der Waals surface area contributed by atoms with Gasteiger partial charge in [0.15, 0.2) is 5.76 Å². The third kappa shape index (κ3) is 2.69. The Bertz CT molecular complexity index is 1250. The van der Waals surface area contributed by atoms with Crippen LogP contribution in [0.25, 0.3) is 31.6 Å². The van der Waals surface area contributed by atoms with E-state index in [0.717, 1.165) is 26.0 Å². The highest BCUT2D eigenvalue weighted by Crippen LogP contribution is 2.37. The van der Waals surface area contributed by atoms with Gasteiger partial charge in [0, 0.05) is 16.2 Å². The molecule has 5 rings (SSSR count). The Balaban J connectivity index is 1.59. The van der Waals surface area contributed by atoms with E-state index in [1.54, 1.807) is 23.5 Å². The second-order valence-electron chi connectivity index (χ2n) is 6.03. The third-order valence-electron chi connectivity index (χ3n) is 4.30. The number of carbonyl (C=O) groups excluding carboxylic acids is 1. The van der Waals surface area contributed by atoms with Crippen molar-refractivity contribution in [2.75, 3.05) is 5.32 Å². The number of hydrogen-bond acceptors (Lipinski definition) is 4. The second-order valence-corrected chi connectivity index (χ2v) is 7.11. The van der Waals surface area contributed by atoms with Crippen molar-refractivity contribution in [3.63, 3.8) is 0 Å². The maximum Gasteiger partial charge on any atom is 0.291 e. The SMILES string of the molecule is O=C(Nc1cc2c(-c3cc4ccccc4s3)n[nH]c2cc1F)c1ccco1. The Morgan fingerprint density at radius 2 is 2.04 bits per heavy atom. The number of thiophene rings is 1. The highest BCUT2D eigenvalue weighted by molar-refractivity contribution is 7.22. The van der Waals surface area contributed by atoms with Crippen molar-refractivity contribution in [2.24, 2.45) is 0 Å². The van der Waals surface area contributed by atoms with Crippen LogP contribution in [-0.2, 0) is 0 Å². The zero-order valence-corrected chi connectivity index (χ0v) is 14.6. The fourth-order valence-corrected chi connectivity index (χ4v) is 4.08. The number of amides is 1. The number of anilines is 1. The van der Waals surface area contributed by atoms with Crippen LogP contribution in [0.15, 0.2) is 65.3 Å². The molecule has 0 unspecified atom stereocenters. The predicted molar refractivity (Wildman–Crippen MR) is 104 cm³/mol. The van der Waals surface area contributed by atoms with Crippen molar-refractivity contribution < 1.29 is 13.6 Å². The number of fused-ring (bicyclic) bond motifs is 2. The van der Waals surface area contributed by atoms with E-state index in [1.807, 2.05) is 24.3 Å². The molecule has 0 spiro atoms. The fraction of sp³-hybridized carbons (Fsp3) is 0. The highest BCUT2D eigenvalue weighted by Gasteiger charge is 2.17. The van der Waals surface area contributed by atoms with E-state index in [1.165, 1.54) is 18.4 Å². The summed E-state index contributed by atoms with van der Waals surface area (Å²) in [6, 6.07) is 16.2. The number of nitrogens with one attached hydrogen (secondary N) is 2. The highest BCUT2D eigenvalue weighted by atomic mass is 32.1. The van der Waals surface area contributed by atoms with E-state index < -0.39 is 11.7 Å². The maximum absolute atomic E-state index is 14.4. The fourth-order valence-electron chi connectivity index (χ4n) is 3.01. The molecule has 0 atom stereocenters. The van der Waals surface area contributed by atoms with E-state index in [2.05, 4.69) is 21.6 Å². The largest absolute Gasteiger partial charge is 0.459 e. The Morgan fingerprint density at radius 1 is 1.15 bits per heavy atom. The lowest BCUT2D eigenvalue weighted by atomic mass is 10.1. The quantitative estimate of drug-likeness (QED) is 0.440. The number of hydrogen-bond donors (Lipinski definition) is 2. The number of rotatable bonds is 3. The normalized spacial score (nSPS) is 11.3. The number of carbonyl (C=O) groups is 1. The molecule has 0 aliphatic carbocycles. The average molecular weight is 377 g/mol. The number of aromatic amines is 1. The van der Waals surface area contributed by atoms with Gasteiger partial charge in [0.25, 0.3) is 5.91 Å². The van der Waals surface area contributed by atoms with Gasteiger partial charge in [0.1, 0.15) is 11.5 Å². The van der Waals surface area contributed by atoms with Crippen LogP contribution in [-0.4, -0.2) is 16.1 Å². The molecule has 0 aliphatic rings. The van der Waals surface area contributed by atoms with Gasteiger partial charge in [-0.2, -0.15) is 5.10 Å². The number of halogens is 1. The Labute approximate surface area is 156 Å². The van der Waals surface area contributed by atoms with Crippen molar-refractivity contribution >= 4 is 43.9 Å². The lowest BCUT2D eigenvalue weighted by molar-refractivity contribution is 0.0996. The first-order valence-electron chi connectivity index (χ1n) is 8.20. The van der Waals surface area contributed by atoms with E-state index in [9.17, 15) is 9.18 Å². The summed E-state index contributed by atoms with van der Waals surface area (Å²) < 4.78 is 20.6. The zero-order chi connectivity index (χ0) is 18.4. The van der Waals surface area contributed by atoms with E-state index >= 15 is 0 Å². The van der Waals surface area contributed by atoms with Gasteiger partial charge in [-0.25, -0.2) is 4.39 Å². The molecule has 5 aromatic rings. The Morgan fingerprint density at radius 3 is 2.85 bits per heavy atom. The summed E-state index contributed by atoms with van der Waals surface area (Å²) in [5.41, 5.74) is 1.36. The van der Waals surface area contributed by atoms with Crippen LogP contribution in [0.2, 0.25) is 0 Å². The van der Waals surface area contributed by atoms with Crippen molar-refractivity contribution in [2.45, 2.75) is 0 Å². The number of nitrogens with zero attached hydrogens (tertiary/aromatic N) is 1. The molecule has 0 radical (unpaired) electrons. The lowest BCUT2D eigenvalue weighted by Gasteiger charge is -2.05. The van der Waals surface area contributed by atoms with E-state index in [-0.39, 0.29) is 11.4 Å². The van der Waals surface area contributed by atoms with Gasteiger partial charge in [0.05, 0.1) is 22.3 Å². The number of furan rings is 1. The van der Waals surface area contributed by atoms with Gasteiger partial charge in [-0.1, -0.05) is 18.2 Å². The molecule has 0 saturated heterocycles. The average Bonchev–Trinajstić information content (AvgIpc) is 3.40. The van der Waals surface area contributed by atoms with Crippen LogP contribution in [0.1, 0.15) is 10.6 Å². The lowest BCUT2D eigenvalue weighted by Crippen LogP contribution is -2.12. The molecule has 5 nitrogen and oxygen atoms in total. The molecule has 7 heteroatoms. The van der Waals surface area contributed by atoms with E-state index in [0.29, 0.717) is 5.52 Å². The number of benzene rings is 2. The summed E-state index contributed by atoms with van der Waals surface area (Å²) in [6.45, 7) is 0. The molecule has 3 aromatic heterocycles. The summed E-state index contributed by atoms with van der Waals surface area (Å²) in [7, 11) is 0. The van der Waals surface area contributed by atoms with E-state index in [4.69, 9.17) is 4.42 Å². The van der Waals surface area contributed by atoms with Crippen LogP contribution < -0.4 is 5.32 Å². The molecule has 132 valence electrons. The summed E-state index contributed by atoms with van der Waals surface area (Å²) in [5, 5.41) is 11.6. The minimum Gasteiger partial charge on any atom is -0.459 e. The molecule has 0 bridgehead atoms. The van der Waals surface area contributed by atoms with Crippen molar-refractivity contribution in [1.29, 1.82) is 0 Å². The van der Waals surface area contributed by atoms with Crippen molar-refractivity contribution in [1.82, 2.24) is 10.2 Å². The molecule has 0 aliphatic heterocycles. The van der Waals surface area contributed by atoms with Crippen LogP contribution in [0.3, 0.4) is 0 Å². The number of aromatic nitrogens is 2. The summed E-state index contributed by atoms with van der Waals surface area (Å²) >= 11 is 1.61. The predicted octanol–water partition coefficient (Wildman–Crippen LogP) is 5.43. The molecule has 0 fully saturated rings. The van der Waals surface area contributed by atoms with Crippen LogP contribution >= 0.6 is 11.3 Å². The topological polar surface area (TPSA) is 70.9 Å². The van der Waals surface area contributed by atoms with Gasteiger partial charge in [-0.15, -0.1) is 11.3 Å².